The lowest BCUT2D eigenvalue weighted by atomic mass is 9.83. The number of fused-ring (bicyclic) bond motifs is 1. The summed E-state index contributed by atoms with van der Waals surface area (Å²) in [7, 11) is 3.52. The largest absolute Gasteiger partial charge is 0.494 e. The second-order valence-electron chi connectivity index (χ2n) is 15.1. The summed E-state index contributed by atoms with van der Waals surface area (Å²) in [5, 5.41) is 10.8. The molecule has 4 aromatic rings. The van der Waals surface area contributed by atoms with Crippen LogP contribution in [0.1, 0.15) is 77.5 Å². The Balaban J connectivity index is 0.901. The molecule has 58 heavy (non-hydrogen) atoms. The number of hydrogen-bond donors (Lipinski definition) is 2. The number of alkyl halides is 3. The van der Waals surface area contributed by atoms with Crippen LogP contribution in [0.3, 0.4) is 0 Å². The van der Waals surface area contributed by atoms with Gasteiger partial charge in [-0.15, -0.1) is 0 Å². The number of methoxy groups -OCH3 is 1. The molecule has 3 aliphatic rings. The Morgan fingerprint density at radius 1 is 1.03 bits per heavy atom. The number of benzene rings is 2. The van der Waals surface area contributed by atoms with Crippen molar-refractivity contribution in [1.29, 1.82) is 0 Å². The van der Waals surface area contributed by atoms with Crippen molar-refractivity contribution in [3.05, 3.63) is 89.0 Å². The summed E-state index contributed by atoms with van der Waals surface area (Å²) in [6.45, 7) is 6.72. The number of rotatable bonds is 10. The summed E-state index contributed by atoms with van der Waals surface area (Å²) in [6, 6.07) is 11.0. The maximum absolute atomic E-state index is 13.5. The summed E-state index contributed by atoms with van der Waals surface area (Å²) in [5.41, 5.74) is 1.37. The second-order valence-corrected chi connectivity index (χ2v) is 15.5. The SMILES string of the molecule is C=C(C1CCC(n2cc3cc(NC(=O)c4cccc(C(F)(F)F)n4)c(OC)cc3n2)CC1)N(C)CC1CCN(C(=O)c2ccc(Cl)c(N3CCC(=O)NC3=O)c2)CC1. The number of ether oxygens (including phenoxy) is 1. The molecule has 2 saturated heterocycles. The zero-order valence-corrected chi connectivity index (χ0v) is 32.9. The molecule has 4 heterocycles. The number of nitrogens with zero attached hydrogens (tertiary/aromatic N) is 6. The molecule has 3 fully saturated rings. The number of amides is 5. The Hall–Kier alpha value is -5.64. The van der Waals surface area contributed by atoms with E-state index in [1.807, 2.05) is 15.8 Å². The first-order chi connectivity index (χ1) is 27.7. The first kappa shape index (κ1) is 40.6. The molecular weight excluding hydrogens is 777 g/mol. The normalized spacial score (nSPS) is 19.2. The molecule has 5 amide bonds. The fourth-order valence-corrected chi connectivity index (χ4v) is 8.29. The molecule has 17 heteroatoms. The number of aromatic nitrogens is 3. The van der Waals surface area contributed by atoms with Crippen molar-refractivity contribution in [2.75, 3.05) is 50.6 Å². The number of hydrogen-bond acceptors (Lipinski definition) is 8. The summed E-state index contributed by atoms with van der Waals surface area (Å²) >= 11 is 6.39. The number of allylic oxidation sites excluding steroid dienone is 1. The van der Waals surface area contributed by atoms with Gasteiger partial charge in [-0.3, -0.25) is 29.3 Å². The molecule has 0 unspecified atom stereocenters. The lowest BCUT2D eigenvalue weighted by molar-refractivity contribution is -0.141. The van der Waals surface area contributed by atoms with E-state index in [9.17, 15) is 32.3 Å². The zero-order valence-electron chi connectivity index (χ0n) is 32.1. The minimum Gasteiger partial charge on any atom is -0.494 e. The highest BCUT2D eigenvalue weighted by Crippen LogP contribution is 2.38. The molecule has 0 atom stereocenters. The van der Waals surface area contributed by atoms with Crippen LogP contribution in [0.15, 0.2) is 67.0 Å². The Morgan fingerprint density at radius 3 is 2.47 bits per heavy atom. The third-order valence-corrected chi connectivity index (χ3v) is 11.7. The van der Waals surface area contributed by atoms with Gasteiger partial charge in [-0.2, -0.15) is 18.3 Å². The van der Waals surface area contributed by atoms with Gasteiger partial charge >= 0.3 is 12.2 Å². The lowest BCUT2D eigenvalue weighted by Gasteiger charge is -2.38. The topological polar surface area (TPSA) is 142 Å². The van der Waals surface area contributed by atoms with Gasteiger partial charge in [0.05, 0.1) is 35.1 Å². The van der Waals surface area contributed by atoms with Crippen LogP contribution in [-0.2, 0) is 11.0 Å². The van der Waals surface area contributed by atoms with Gasteiger partial charge in [0.2, 0.25) is 5.91 Å². The van der Waals surface area contributed by atoms with Crippen LogP contribution in [0.4, 0.5) is 29.3 Å². The van der Waals surface area contributed by atoms with Crippen molar-refractivity contribution in [1.82, 2.24) is 29.9 Å². The minimum atomic E-state index is -4.68. The predicted molar refractivity (Wildman–Crippen MR) is 212 cm³/mol. The van der Waals surface area contributed by atoms with E-state index in [4.69, 9.17) is 21.4 Å². The molecule has 2 N–H and O–H groups in total. The maximum atomic E-state index is 13.5. The fraction of sp³-hybridized carbons (Fsp3) is 0.415. The van der Waals surface area contributed by atoms with Crippen LogP contribution in [0.2, 0.25) is 5.02 Å². The van der Waals surface area contributed by atoms with E-state index in [0.717, 1.165) is 68.3 Å². The predicted octanol–water partition coefficient (Wildman–Crippen LogP) is 7.54. The number of piperidine rings is 1. The number of carbonyl (C=O) groups excluding carboxylic acids is 4. The molecule has 0 spiro atoms. The molecule has 1 saturated carbocycles. The molecule has 2 aromatic heterocycles. The summed E-state index contributed by atoms with van der Waals surface area (Å²) in [6.07, 6.45) is 2.73. The Labute approximate surface area is 338 Å². The highest BCUT2D eigenvalue weighted by Gasteiger charge is 2.34. The van der Waals surface area contributed by atoms with E-state index in [1.54, 1.807) is 30.3 Å². The van der Waals surface area contributed by atoms with Gasteiger partial charge in [-0.05, 0) is 86.8 Å². The minimum absolute atomic E-state index is 0.123. The number of halogens is 4. The van der Waals surface area contributed by atoms with Crippen molar-refractivity contribution in [2.45, 2.75) is 57.2 Å². The van der Waals surface area contributed by atoms with Crippen LogP contribution in [-0.4, -0.2) is 88.7 Å². The Bertz CT molecular complexity index is 2250. The number of nitrogens with one attached hydrogen (secondary N) is 2. The molecule has 0 radical (unpaired) electrons. The number of anilines is 2. The smallest absolute Gasteiger partial charge is 0.433 e. The van der Waals surface area contributed by atoms with Crippen LogP contribution in [0.5, 0.6) is 5.75 Å². The number of likely N-dealkylation sites (tertiary alicyclic amines) is 1. The van der Waals surface area contributed by atoms with E-state index in [0.29, 0.717) is 58.2 Å². The molecule has 1 aliphatic carbocycles. The molecule has 7 rings (SSSR count). The van der Waals surface area contributed by atoms with E-state index < -0.39 is 23.8 Å². The first-order valence-electron chi connectivity index (χ1n) is 19.2. The average Bonchev–Trinajstić information content (AvgIpc) is 3.63. The molecule has 13 nitrogen and oxygen atoms in total. The maximum Gasteiger partial charge on any atom is 0.433 e. The highest BCUT2D eigenvalue weighted by molar-refractivity contribution is 6.34. The quantitative estimate of drug-likeness (QED) is 0.167. The van der Waals surface area contributed by atoms with E-state index in [1.165, 1.54) is 18.1 Å². The monoisotopic (exact) mass is 820 g/mol. The lowest BCUT2D eigenvalue weighted by Crippen LogP contribution is -2.49. The zero-order chi connectivity index (χ0) is 41.3. The average molecular weight is 821 g/mol. The van der Waals surface area contributed by atoms with Crippen LogP contribution < -0.4 is 20.3 Å². The van der Waals surface area contributed by atoms with Gasteiger partial charge < -0.3 is 19.9 Å². The van der Waals surface area contributed by atoms with Crippen molar-refractivity contribution in [3.63, 3.8) is 0 Å². The van der Waals surface area contributed by atoms with E-state index in [2.05, 4.69) is 34.1 Å². The van der Waals surface area contributed by atoms with Crippen molar-refractivity contribution in [2.24, 2.45) is 11.8 Å². The molecule has 2 aromatic carbocycles. The van der Waals surface area contributed by atoms with Gasteiger partial charge in [-0.25, -0.2) is 9.78 Å². The van der Waals surface area contributed by atoms with E-state index in [-0.39, 0.29) is 36.5 Å². The molecular formula is C41H44ClF3N8O5. The van der Waals surface area contributed by atoms with Crippen molar-refractivity contribution < 1.29 is 37.1 Å². The summed E-state index contributed by atoms with van der Waals surface area (Å²) in [4.78, 5) is 59.4. The van der Waals surface area contributed by atoms with Gasteiger partial charge in [0, 0.05) is 68.6 Å². The second kappa shape index (κ2) is 16.7. The van der Waals surface area contributed by atoms with Crippen LogP contribution in [0, 0.1) is 11.8 Å². The first-order valence-corrected chi connectivity index (χ1v) is 19.6. The Morgan fingerprint density at radius 2 is 1.78 bits per heavy atom. The van der Waals surface area contributed by atoms with Gasteiger partial charge in [-0.1, -0.05) is 24.2 Å². The van der Waals surface area contributed by atoms with Gasteiger partial charge in [0.1, 0.15) is 17.1 Å². The number of pyridine rings is 1. The fourth-order valence-electron chi connectivity index (χ4n) is 8.07. The van der Waals surface area contributed by atoms with Crippen molar-refractivity contribution >= 4 is 57.6 Å². The van der Waals surface area contributed by atoms with Crippen molar-refractivity contribution in [3.8, 4) is 5.75 Å². The Kier molecular flexibility index (Phi) is 11.7. The molecule has 0 bridgehead atoms. The molecule has 2 aliphatic heterocycles. The standard InChI is InChI=1S/C41H44ClF3N8O5/c1-24(50(2)22-25-13-16-51(17-14-25)39(56)27-9-12-30(42)34(20-27)52-18-15-37(54)48-40(52)57)26-7-10-29(11-8-26)53-23-28-19-33(35(58-3)21-32(28)49-53)47-38(55)31-5-4-6-36(46-31)41(43,44)45/h4-6,9,12,19-21,23,25-26,29H,1,7-8,10-11,13-18,22H2,2-3H3,(H,47,55)(H,48,54,57). The number of carbonyl (C=O) groups is 4. The highest BCUT2D eigenvalue weighted by atomic mass is 35.5. The van der Waals surface area contributed by atoms with Gasteiger partial charge in [0.15, 0.2) is 0 Å². The molecule has 306 valence electrons. The van der Waals surface area contributed by atoms with E-state index >= 15 is 0 Å². The number of imide groups is 1. The summed E-state index contributed by atoms with van der Waals surface area (Å²) < 4.78 is 47.0. The number of urea groups is 1. The van der Waals surface area contributed by atoms with Crippen LogP contribution in [0.25, 0.3) is 10.9 Å². The van der Waals surface area contributed by atoms with Crippen LogP contribution >= 0.6 is 11.6 Å². The summed E-state index contributed by atoms with van der Waals surface area (Å²) in [5.74, 6) is -0.235. The third-order valence-electron chi connectivity index (χ3n) is 11.4. The van der Waals surface area contributed by atoms with Gasteiger partial charge in [0.25, 0.3) is 11.8 Å². The third kappa shape index (κ3) is 8.76.